The lowest BCUT2D eigenvalue weighted by Crippen LogP contribution is -1.99. The van der Waals surface area contributed by atoms with Crippen molar-refractivity contribution >= 4 is 87.1 Å². The molecular weight excluding hydrogens is 621 g/mol. The van der Waals surface area contributed by atoms with E-state index in [1.807, 2.05) is 6.07 Å². The topological polar surface area (TPSA) is 23.0 Å². The normalized spacial score (nSPS) is 11.9. The van der Waals surface area contributed by atoms with Gasteiger partial charge in [0.15, 0.2) is 11.2 Å². The molecule has 0 aliphatic heterocycles. The second-order valence-electron chi connectivity index (χ2n) is 13.3. The zero-order chi connectivity index (χ0) is 33.5. The molecule has 0 fully saturated rings. The van der Waals surface area contributed by atoms with Crippen LogP contribution in [0.4, 0.5) is 0 Å². The van der Waals surface area contributed by atoms with Crippen LogP contribution in [0.15, 0.2) is 186 Å². The molecule has 2 aromatic heterocycles. The molecule has 0 atom stereocenters. The van der Waals surface area contributed by atoms with Crippen molar-refractivity contribution in [3.63, 3.8) is 0 Å². The lowest BCUT2D eigenvalue weighted by molar-refractivity contribution is 0.654. The van der Waals surface area contributed by atoms with Gasteiger partial charge in [-0.2, -0.15) is 0 Å². The summed E-state index contributed by atoms with van der Waals surface area (Å²) in [6.07, 6.45) is 0. The molecule has 2 heterocycles. The van der Waals surface area contributed by atoms with Crippen molar-refractivity contribution < 1.29 is 4.42 Å². The van der Waals surface area contributed by atoms with Crippen molar-refractivity contribution in [1.29, 1.82) is 0 Å². The van der Waals surface area contributed by atoms with Crippen LogP contribution in [-0.2, 0) is 0 Å². The lowest BCUT2D eigenvalue weighted by atomic mass is 9.94. The minimum absolute atomic E-state index is 0.839. The molecule has 3 heteroatoms. The van der Waals surface area contributed by atoms with E-state index in [9.17, 15) is 0 Å². The number of hydrogen-bond acceptors (Lipinski definition) is 1. The van der Waals surface area contributed by atoms with Crippen molar-refractivity contribution in [2.24, 2.45) is 0 Å². The molecule has 0 bridgehead atoms. The quantitative estimate of drug-likeness (QED) is 0.171. The minimum atomic E-state index is 0.839. The van der Waals surface area contributed by atoms with Crippen molar-refractivity contribution in [3.05, 3.63) is 182 Å². The highest BCUT2D eigenvalue weighted by Gasteiger charge is 2.16. The summed E-state index contributed by atoms with van der Waals surface area (Å²) < 4.78 is 11.5. The first kappa shape index (κ1) is 28.0. The monoisotopic (exact) mass is 650 g/mol. The fourth-order valence-corrected chi connectivity index (χ4v) is 8.34. The Balaban J connectivity index is 1.34. The third-order valence-corrected chi connectivity index (χ3v) is 10.5. The highest BCUT2D eigenvalue weighted by molar-refractivity contribution is 6.27. The van der Waals surface area contributed by atoms with E-state index in [2.05, 4.69) is 185 Å². The zero-order valence-corrected chi connectivity index (χ0v) is 27.6. The molecule has 0 radical (unpaired) electrons. The molecule has 0 aliphatic rings. The summed E-state index contributed by atoms with van der Waals surface area (Å²) in [5.41, 5.74) is 8.37. The standard InChI is InChI=1S/C48H30N2O/c1-2-14-31(15-3-1)49-45-24-12-13-25-47(45)51-48-30-42-34-17-5-4-16-33(34)37-27-26-32(28-40(37)35-18-6-7-19-36(35)41(42)29-46(48)49)50-43-22-10-8-20-38(43)39-21-9-11-23-44(39)50/h1-30H. The Bertz CT molecular complexity index is 3200. The predicted octanol–water partition coefficient (Wildman–Crippen LogP) is 13.2. The molecule has 238 valence electrons. The van der Waals surface area contributed by atoms with Gasteiger partial charge in [0, 0.05) is 22.1 Å². The second kappa shape index (κ2) is 10.8. The van der Waals surface area contributed by atoms with Gasteiger partial charge < -0.3 is 13.6 Å². The van der Waals surface area contributed by atoms with E-state index >= 15 is 0 Å². The van der Waals surface area contributed by atoms with Crippen LogP contribution in [0.25, 0.3) is 98.5 Å². The summed E-state index contributed by atoms with van der Waals surface area (Å²) in [4.78, 5) is 0. The Hall–Kier alpha value is -6.84. The van der Waals surface area contributed by atoms with E-state index in [4.69, 9.17) is 4.42 Å². The van der Waals surface area contributed by atoms with Gasteiger partial charge in [-0.15, -0.1) is 0 Å². The third-order valence-electron chi connectivity index (χ3n) is 10.5. The Labute approximate surface area is 293 Å². The van der Waals surface area contributed by atoms with Gasteiger partial charge in [0.1, 0.15) is 0 Å². The lowest BCUT2D eigenvalue weighted by Gasteiger charge is -2.17. The summed E-state index contributed by atoms with van der Waals surface area (Å²) in [7, 11) is 0. The fraction of sp³-hybridized carbons (Fsp3) is 0. The average molecular weight is 651 g/mol. The van der Waals surface area contributed by atoms with Gasteiger partial charge in [0.25, 0.3) is 0 Å². The van der Waals surface area contributed by atoms with Crippen molar-refractivity contribution in [2.45, 2.75) is 0 Å². The molecular formula is C48H30N2O. The highest BCUT2D eigenvalue weighted by Crippen LogP contribution is 2.40. The second-order valence-corrected chi connectivity index (χ2v) is 13.3. The van der Waals surface area contributed by atoms with Gasteiger partial charge in [0.2, 0.25) is 0 Å². The number of fused-ring (bicyclic) bond motifs is 13. The van der Waals surface area contributed by atoms with Crippen LogP contribution < -0.4 is 0 Å². The Morgan fingerprint density at radius 2 is 0.706 bits per heavy atom. The van der Waals surface area contributed by atoms with Gasteiger partial charge in [-0.25, -0.2) is 0 Å². The van der Waals surface area contributed by atoms with E-state index < -0.39 is 0 Å². The molecule has 3 nitrogen and oxygen atoms in total. The number of rotatable bonds is 2. The van der Waals surface area contributed by atoms with E-state index in [0.29, 0.717) is 0 Å². The SMILES string of the molecule is c1ccc(-n2c3ccccc3oc3cc4c5ccccc5c5ccc(-n6c7ccccc7c7ccccc76)cc5c5ccccc5c4cc32)cc1. The molecule has 0 spiro atoms. The summed E-state index contributed by atoms with van der Waals surface area (Å²) >= 11 is 0. The third kappa shape index (κ3) is 4.12. The molecule has 0 saturated heterocycles. The first-order chi connectivity index (χ1) is 25.3. The zero-order valence-electron chi connectivity index (χ0n) is 27.6. The maximum atomic E-state index is 6.72. The molecule has 11 rings (SSSR count). The summed E-state index contributed by atoms with van der Waals surface area (Å²) in [5.74, 6) is 0. The Morgan fingerprint density at radius 3 is 1.35 bits per heavy atom. The first-order valence-electron chi connectivity index (χ1n) is 17.4. The first-order valence-corrected chi connectivity index (χ1v) is 17.4. The molecule has 51 heavy (non-hydrogen) atoms. The van der Waals surface area contributed by atoms with Crippen LogP contribution in [0.3, 0.4) is 0 Å². The maximum Gasteiger partial charge on any atom is 0.152 e. The number of nitrogens with zero attached hydrogens (tertiary/aromatic N) is 2. The van der Waals surface area contributed by atoms with Gasteiger partial charge in [-0.1, -0.05) is 121 Å². The molecule has 0 aliphatic carbocycles. The van der Waals surface area contributed by atoms with Crippen LogP contribution in [0.1, 0.15) is 0 Å². The molecule has 0 amide bonds. The summed E-state index contributed by atoms with van der Waals surface area (Å²) in [6.45, 7) is 0. The van der Waals surface area contributed by atoms with Crippen molar-refractivity contribution in [3.8, 4) is 11.4 Å². The van der Waals surface area contributed by atoms with Crippen molar-refractivity contribution in [2.75, 3.05) is 0 Å². The van der Waals surface area contributed by atoms with Crippen LogP contribution in [-0.4, -0.2) is 9.13 Å². The molecule has 9 aromatic carbocycles. The number of aromatic nitrogens is 2. The van der Waals surface area contributed by atoms with Crippen LogP contribution in [0.2, 0.25) is 0 Å². The predicted molar refractivity (Wildman–Crippen MR) is 215 cm³/mol. The highest BCUT2D eigenvalue weighted by atomic mass is 16.3. The van der Waals surface area contributed by atoms with Crippen LogP contribution in [0, 0.1) is 0 Å². The molecule has 0 unspecified atom stereocenters. The Kier molecular flexibility index (Phi) is 5.96. The average Bonchev–Trinajstić information content (AvgIpc) is 3.53. The van der Waals surface area contributed by atoms with Gasteiger partial charge in [0.05, 0.1) is 22.1 Å². The smallest absolute Gasteiger partial charge is 0.152 e. The van der Waals surface area contributed by atoms with Crippen molar-refractivity contribution in [1.82, 2.24) is 9.13 Å². The van der Waals surface area contributed by atoms with Gasteiger partial charge in [-0.05, 0) is 104 Å². The minimum Gasteiger partial charge on any atom is -0.453 e. The number of hydrogen-bond donors (Lipinski definition) is 0. The molecule has 0 N–H and O–H groups in total. The van der Waals surface area contributed by atoms with E-state index in [-0.39, 0.29) is 0 Å². The molecule has 0 saturated carbocycles. The molecule has 11 aromatic rings. The maximum absolute atomic E-state index is 6.72. The van der Waals surface area contributed by atoms with Crippen LogP contribution >= 0.6 is 0 Å². The van der Waals surface area contributed by atoms with E-state index in [0.717, 1.165) is 39.0 Å². The largest absolute Gasteiger partial charge is 0.453 e. The summed E-state index contributed by atoms with van der Waals surface area (Å²) in [5, 5.41) is 12.1. The fourth-order valence-electron chi connectivity index (χ4n) is 8.34. The van der Waals surface area contributed by atoms with Gasteiger partial charge >= 0.3 is 0 Å². The summed E-state index contributed by atoms with van der Waals surface area (Å²) in [6, 6.07) is 65.6. The van der Waals surface area contributed by atoms with E-state index in [1.54, 1.807) is 0 Å². The Morgan fingerprint density at radius 1 is 0.255 bits per heavy atom. The van der Waals surface area contributed by atoms with E-state index in [1.165, 1.54) is 59.5 Å². The van der Waals surface area contributed by atoms with Gasteiger partial charge in [-0.3, -0.25) is 0 Å². The number of para-hydroxylation sites is 5. The van der Waals surface area contributed by atoms with Crippen LogP contribution in [0.5, 0.6) is 0 Å². The number of benzene rings is 8.